The molecule has 3 rings (SSSR count). The summed E-state index contributed by atoms with van der Waals surface area (Å²) in [6, 6.07) is 10.6. The highest BCUT2D eigenvalue weighted by molar-refractivity contribution is 14.0. The van der Waals surface area contributed by atoms with E-state index in [0.717, 1.165) is 23.0 Å². The maximum absolute atomic E-state index is 5.52. The topological polar surface area (TPSA) is 62.5 Å². The Morgan fingerprint density at radius 2 is 2.09 bits per heavy atom. The van der Waals surface area contributed by atoms with Crippen molar-refractivity contribution >= 4 is 29.9 Å². The van der Waals surface area contributed by atoms with Gasteiger partial charge in [-0.25, -0.2) is 4.98 Å². The number of benzene rings is 1. The van der Waals surface area contributed by atoms with Crippen molar-refractivity contribution < 1.29 is 4.42 Å². The Hall–Kier alpha value is -1.57. The molecule has 0 bridgehead atoms. The Morgan fingerprint density at radius 1 is 1.32 bits per heavy atom. The molecular weight excluding hydrogens is 391 g/mol. The summed E-state index contributed by atoms with van der Waals surface area (Å²) in [4.78, 5) is 8.55. The third-order valence-electron chi connectivity index (χ3n) is 3.77. The highest BCUT2D eigenvalue weighted by Gasteiger charge is 2.18. The average molecular weight is 412 g/mol. The summed E-state index contributed by atoms with van der Waals surface area (Å²) in [5.74, 6) is 1.63. The zero-order chi connectivity index (χ0) is 14.5. The van der Waals surface area contributed by atoms with Crippen LogP contribution in [-0.4, -0.2) is 24.0 Å². The molecule has 1 aliphatic rings. The number of rotatable bonds is 4. The maximum atomic E-state index is 5.52. The second kappa shape index (κ2) is 8.17. The lowest BCUT2D eigenvalue weighted by Crippen LogP contribution is -2.46. The van der Waals surface area contributed by atoms with Crippen molar-refractivity contribution in [3.05, 3.63) is 42.4 Å². The summed E-state index contributed by atoms with van der Waals surface area (Å²) >= 11 is 0. The van der Waals surface area contributed by atoms with Gasteiger partial charge in [0.15, 0.2) is 18.1 Å². The molecule has 0 spiro atoms. The number of aliphatic imine (C=N–C) groups is 1. The van der Waals surface area contributed by atoms with Gasteiger partial charge in [-0.05, 0) is 19.3 Å². The van der Waals surface area contributed by atoms with Crippen LogP contribution in [0.1, 0.15) is 25.0 Å². The van der Waals surface area contributed by atoms with E-state index >= 15 is 0 Å². The van der Waals surface area contributed by atoms with Gasteiger partial charge in [0.1, 0.15) is 5.69 Å². The van der Waals surface area contributed by atoms with Crippen LogP contribution in [0.25, 0.3) is 11.3 Å². The Morgan fingerprint density at radius 3 is 2.73 bits per heavy atom. The number of nitrogens with one attached hydrogen (secondary N) is 2. The minimum atomic E-state index is 0. The predicted molar refractivity (Wildman–Crippen MR) is 98.3 cm³/mol. The number of hydrogen-bond donors (Lipinski definition) is 2. The Balaban J connectivity index is 0.00000176. The molecule has 2 aromatic rings. The molecule has 5 nitrogen and oxygen atoms in total. The fourth-order valence-corrected chi connectivity index (χ4v) is 2.33. The van der Waals surface area contributed by atoms with Crippen LogP contribution in [0.15, 0.2) is 46.1 Å². The van der Waals surface area contributed by atoms with E-state index in [4.69, 9.17) is 4.42 Å². The molecular formula is C16H21IN4O. The number of nitrogens with zero attached hydrogens (tertiary/aromatic N) is 2. The summed E-state index contributed by atoms with van der Waals surface area (Å²) < 4.78 is 5.52. The fourth-order valence-electron chi connectivity index (χ4n) is 2.33. The SMILES string of the molecule is CN=C(NCc1ncoc1-c1ccccc1)NC1CCC1.I. The third-order valence-corrected chi connectivity index (χ3v) is 3.77. The monoisotopic (exact) mass is 412 g/mol. The summed E-state index contributed by atoms with van der Waals surface area (Å²) in [5, 5.41) is 6.70. The molecule has 1 saturated carbocycles. The van der Waals surface area contributed by atoms with Crippen molar-refractivity contribution in [2.75, 3.05) is 7.05 Å². The van der Waals surface area contributed by atoms with Crippen molar-refractivity contribution in [3.63, 3.8) is 0 Å². The van der Waals surface area contributed by atoms with Gasteiger partial charge in [0.05, 0.1) is 6.54 Å². The van der Waals surface area contributed by atoms with Crippen LogP contribution in [0.4, 0.5) is 0 Å². The van der Waals surface area contributed by atoms with Gasteiger partial charge in [-0.2, -0.15) is 0 Å². The third kappa shape index (κ3) is 4.00. The average Bonchev–Trinajstić information content (AvgIpc) is 2.95. The van der Waals surface area contributed by atoms with Gasteiger partial charge < -0.3 is 15.1 Å². The summed E-state index contributed by atoms with van der Waals surface area (Å²) in [5.41, 5.74) is 1.92. The largest absolute Gasteiger partial charge is 0.443 e. The molecule has 1 aliphatic carbocycles. The van der Waals surface area contributed by atoms with Crippen molar-refractivity contribution in [1.82, 2.24) is 15.6 Å². The Labute approximate surface area is 147 Å². The summed E-state index contributed by atoms with van der Waals surface area (Å²) in [6.07, 6.45) is 5.23. The standard InChI is InChI=1S/C16H20N4O.HI/c1-17-16(20-13-8-5-9-13)18-10-14-15(21-11-19-14)12-6-3-2-4-7-12;/h2-4,6-7,11,13H,5,8-10H2,1H3,(H2,17,18,20);1H. The normalized spacial score (nSPS) is 14.9. The van der Waals surface area contributed by atoms with Crippen LogP contribution in [0.5, 0.6) is 0 Å². The molecule has 1 heterocycles. The van der Waals surface area contributed by atoms with Crippen LogP contribution in [-0.2, 0) is 6.54 Å². The summed E-state index contributed by atoms with van der Waals surface area (Å²) in [6.45, 7) is 0.590. The highest BCUT2D eigenvalue weighted by atomic mass is 127. The van der Waals surface area contributed by atoms with E-state index in [0.29, 0.717) is 12.6 Å². The lowest BCUT2D eigenvalue weighted by atomic mass is 9.93. The van der Waals surface area contributed by atoms with E-state index in [1.165, 1.54) is 25.7 Å². The molecule has 0 aliphatic heterocycles. The second-order valence-electron chi connectivity index (χ2n) is 5.19. The van der Waals surface area contributed by atoms with Crippen LogP contribution < -0.4 is 10.6 Å². The van der Waals surface area contributed by atoms with Crippen molar-refractivity contribution in [2.24, 2.45) is 4.99 Å². The van der Waals surface area contributed by atoms with Gasteiger partial charge in [-0.15, -0.1) is 24.0 Å². The highest BCUT2D eigenvalue weighted by Crippen LogP contribution is 2.22. The first kappa shape index (κ1) is 16.8. The number of oxazole rings is 1. The first-order valence-electron chi connectivity index (χ1n) is 7.32. The predicted octanol–water partition coefficient (Wildman–Crippen LogP) is 3.18. The number of hydrogen-bond acceptors (Lipinski definition) is 3. The fraction of sp³-hybridized carbons (Fsp3) is 0.375. The molecule has 22 heavy (non-hydrogen) atoms. The van der Waals surface area contributed by atoms with Gasteiger partial charge in [0.25, 0.3) is 0 Å². The minimum Gasteiger partial charge on any atom is -0.443 e. The molecule has 1 aromatic carbocycles. The molecule has 118 valence electrons. The Bertz CT molecular complexity index is 608. The zero-order valence-corrected chi connectivity index (χ0v) is 14.9. The first-order valence-corrected chi connectivity index (χ1v) is 7.32. The number of halogens is 1. The van der Waals surface area contributed by atoms with Crippen LogP contribution in [0, 0.1) is 0 Å². The molecule has 6 heteroatoms. The van der Waals surface area contributed by atoms with Crippen LogP contribution >= 0.6 is 24.0 Å². The molecule has 2 N–H and O–H groups in total. The molecule has 1 aromatic heterocycles. The van der Waals surface area contributed by atoms with Gasteiger partial charge >= 0.3 is 0 Å². The van der Waals surface area contributed by atoms with Gasteiger partial charge in [-0.1, -0.05) is 30.3 Å². The Kier molecular flexibility index (Phi) is 6.23. The molecule has 0 atom stereocenters. The minimum absolute atomic E-state index is 0. The van der Waals surface area contributed by atoms with Crippen LogP contribution in [0.2, 0.25) is 0 Å². The quantitative estimate of drug-likeness (QED) is 0.460. The first-order chi connectivity index (χ1) is 10.4. The number of aromatic nitrogens is 1. The van der Waals surface area contributed by atoms with E-state index in [9.17, 15) is 0 Å². The molecule has 0 unspecified atom stereocenters. The number of guanidine groups is 1. The molecule has 1 fully saturated rings. The van der Waals surface area contributed by atoms with Crippen molar-refractivity contribution in [3.8, 4) is 11.3 Å². The van der Waals surface area contributed by atoms with Gasteiger partial charge in [0.2, 0.25) is 0 Å². The van der Waals surface area contributed by atoms with Gasteiger partial charge in [-0.3, -0.25) is 4.99 Å². The summed E-state index contributed by atoms with van der Waals surface area (Å²) in [7, 11) is 1.79. The van der Waals surface area contributed by atoms with Gasteiger partial charge in [0, 0.05) is 18.7 Å². The smallest absolute Gasteiger partial charge is 0.191 e. The lowest BCUT2D eigenvalue weighted by molar-refractivity contribution is 0.379. The molecule has 0 radical (unpaired) electrons. The molecule has 0 amide bonds. The van der Waals surface area contributed by atoms with E-state index in [2.05, 4.69) is 20.6 Å². The van der Waals surface area contributed by atoms with E-state index in [1.807, 2.05) is 30.3 Å². The van der Waals surface area contributed by atoms with E-state index < -0.39 is 0 Å². The van der Waals surface area contributed by atoms with Crippen molar-refractivity contribution in [1.29, 1.82) is 0 Å². The zero-order valence-electron chi connectivity index (χ0n) is 12.6. The van der Waals surface area contributed by atoms with Crippen LogP contribution in [0.3, 0.4) is 0 Å². The lowest BCUT2D eigenvalue weighted by Gasteiger charge is -2.28. The maximum Gasteiger partial charge on any atom is 0.191 e. The van der Waals surface area contributed by atoms with E-state index in [1.54, 1.807) is 7.05 Å². The van der Waals surface area contributed by atoms with E-state index in [-0.39, 0.29) is 24.0 Å². The second-order valence-corrected chi connectivity index (χ2v) is 5.19. The van der Waals surface area contributed by atoms with Crippen molar-refractivity contribution in [2.45, 2.75) is 31.8 Å². The molecule has 0 saturated heterocycles.